The maximum Gasteiger partial charge on any atom is 0.329 e. The minimum absolute atomic E-state index is 0.179. The van der Waals surface area contributed by atoms with E-state index in [2.05, 4.69) is 5.32 Å². The topological polar surface area (TPSA) is 67.9 Å². The summed E-state index contributed by atoms with van der Waals surface area (Å²) in [5.41, 5.74) is 1.87. The first kappa shape index (κ1) is 18.9. The fourth-order valence-corrected chi connectivity index (χ4v) is 2.88. The molecular formula is C21H24N2O4. The van der Waals surface area contributed by atoms with E-state index in [-0.39, 0.29) is 12.6 Å². The van der Waals surface area contributed by atoms with Crippen LogP contribution in [-0.2, 0) is 27.3 Å². The van der Waals surface area contributed by atoms with Crippen LogP contribution in [0.15, 0.2) is 60.7 Å². The number of rotatable bonds is 6. The van der Waals surface area contributed by atoms with Gasteiger partial charge in [-0.1, -0.05) is 60.7 Å². The average Bonchev–Trinajstić information content (AvgIpc) is 2.73. The molecule has 0 unspecified atom stereocenters. The molecule has 2 aromatic rings. The SMILES string of the molecule is O=C(OCc1ccccc1)[C@H](Cc1ccccc1)NC(=O)N1CCOCC1. The fraction of sp³-hybridized carbons (Fsp3) is 0.333. The van der Waals surface area contributed by atoms with E-state index in [1.165, 1.54) is 0 Å². The molecule has 1 N–H and O–H groups in total. The van der Waals surface area contributed by atoms with Gasteiger partial charge in [-0.25, -0.2) is 9.59 Å². The second-order valence-corrected chi connectivity index (χ2v) is 6.38. The van der Waals surface area contributed by atoms with Gasteiger partial charge in [-0.3, -0.25) is 0 Å². The molecule has 1 fully saturated rings. The minimum atomic E-state index is -0.744. The Morgan fingerprint density at radius 2 is 1.56 bits per heavy atom. The zero-order valence-electron chi connectivity index (χ0n) is 15.2. The predicted molar refractivity (Wildman–Crippen MR) is 101 cm³/mol. The van der Waals surface area contributed by atoms with E-state index >= 15 is 0 Å². The summed E-state index contributed by atoms with van der Waals surface area (Å²) in [5.74, 6) is -0.440. The maximum absolute atomic E-state index is 12.7. The van der Waals surface area contributed by atoms with E-state index in [4.69, 9.17) is 9.47 Å². The van der Waals surface area contributed by atoms with E-state index in [0.29, 0.717) is 32.7 Å². The van der Waals surface area contributed by atoms with Crippen LogP contribution in [0.25, 0.3) is 0 Å². The van der Waals surface area contributed by atoms with Gasteiger partial charge in [0.25, 0.3) is 0 Å². The van der Waals surface area contributed by atoms with E-state index in [9.17, 15) is 9.59 Å². The number of benzene rings is 2. The Labute approximate surface area is 159 Å². The first-order valence-electron chi connectivity index (χ1n) is 9.10. The van der Waals surface area contributed by atoms with Gasteiger partial charge in [0.15, 0.2) is 0 Å². The Bertz CT molecular complexity index is 730. The fourth-order valence-electron chi connectivity index (χ4n) is 2.88. The third kappa shape index (κ3) is 5.82. The summed E-state index contributed by atoms with van der Waals surface area (Å²) in [7, 11) is 0. The summed E-state index contributed by atoms with van der Waals surface area (Å²) in [6.07, 6.45) is 0.380. The Hall–Kier alpha value is -2.86. The van der Waals surface area contributed by atoms with Crippen LogP contribution in [0.1, 0.15) is 11.1 Å². The highest BCUT2D eigenvalue weighted by molar-refractivity contribution is 5.84. The molecule has 1 heterocycles. The molecule has 1 aliphatic rings. The number of morpholine rings is 1. The molecule has 0 aliphatic carbocycles. The Morgan fingerprint density at radius 1 is 0.963 bits per heavy atom. The van der Waals surface area contributed by atoms with Gasteiger partial charge in [-0.2, -0.15) is 0 Å². The maximum atomic E-state index is 12.7. The summed E-state index contributed by atoms with van der Waals surface area (Å²) < 4.78 is 10.7. The number of hydrogen-bond acceptors (Lipinski definition) is 4. The van der Waals surface area contributed by atoms with E-state index in [1.807, 2.05) is 60.7 Å². The highest BCUT2D eigenvalue weighted by atomic mass is 16.5. The third-order valence-electron chi connectivity index (χ3n) is 4.39. The summed E-state index contributed by atoms with van der Waals surface area (Å²) >= 11 is 0. The van der Waals surface area contributed by atoms with Gasteiger partial charge < -0.3 is 19.7 Å². The molecule has 27 heavy (non-hydrogen) atoms. The molecule has 0 radical (unpaired) electrons. The van der Waals surface area contributed by atoms with Gasteiger partial charge in [0.1, 0.15) is 12.6 Å². The van der Waals surface area contributed by atoms with Gasteiger partial charge in [-0.05, 0) is 11.1 Å². The van der Waals surface area contributed by atoms with Crippen molar-refractivity contribution in [3.63, 3.8) is 0 Å². The van der Waals surface area contributed by atoms with Gasteiger partial charge >= 0.3 is 12.0 Å². The highest BCUT2D eigenvalue weighted by Crippen LogP contribution is 2.08. The first-order valence-corrected chi connectivity index (χ1v) is 9.10. The van der Waals surface area contributed by atoms with Crippen molar-refractivity contribution in [3.8, 4) is 0 Å². The Balaban J connectivity index is 1.64. The summed E-state index contributed by atoms with van der Waals surface area (Å²) in [4.78, 5) is 26.8. The van der Waals surface area contributed by atoms with E-state index < -0.39 is 12.0 Å². The third-order valence-corrected chi connectivity index (χ3v) is 4.39. The second kappa shape index (κ2) is 9.73. The highest BCUT2D eigenvalue weighted by Gasteiger charge is 2.26. The van der Waals surface area contributed by atoms with Gasteiger partial charge in [-0.15, -0.1) is 0 Å². The number of nitrogens with one attached hydrogen (secondary N) is 1. The number of hydrogen-bond donors (Lipinski definition) is 1. The van der Waals surface area contributed by atoms with Crippen molar-refractivity contribution >= 4 is 12.0 Å². The standard InChI is InChI=1S/C21H24N2O4/c24-20(27-16-18-9-5-2-6-10-18)19(15-17-7-3-1-4-8-17)22-21(25)23-11-13-26-14-12-23/h1-10,19H,11-16H2,(H,22,25)/t19-/m0/s1. The monoisotopic (exact) mass is 368 g/mol. The summed E-state index contributed by atoms with van der Waals surface area (Å²) in [5, 5.41) is 2.83. The molecule has 6 nitrogen and oxygen atoms in total. The molecule has 2 amide bonds. The number of esters is 1. The molecule has 0 bridgehead atoms. The van der Waals surface area contributed by atoms with Crippen molar-refractivity contribution in [2.24, 2.45) is 0 Å². The van der Waals surface area contributed by atoms with Crippen LogP contribution in [0.5, 0.6) is 0 Å². The number of urea groups is 1. The molecule has 142 valence electrons. The number of carbonyl (C=O) groups excluding carboxylic acids is 2. The van der Waals surface area contributed by atoms with Crippen LogP contribution < -0.4 is 5.32 Å². The van der Waals surface area contributed by atoms with Crippen LogP contribution in [0.2, 0.25) is 0 Å². The molecule has 6 heteroatoms. The molecule has 0 aromatic heterocycles. The Morgan fingerprint density at radius 3 is 2.19 bits per heavy atom. The van der Waals surface area contributed by atoms with Crippen molar-refractivity contribution in [1.29, 1.82) is 0 Å². The quantitative estimate of drug-likeness (QED) is 0.795. The van der Waals surface area contributed by atoms with Gasteiger partial charge in [0.2, 0.25) is 0 Å². The molecule has 2 aromatic carbocycles. The van der Waals surface area contributed by atoms with Crippen LogP contribution in [-0.4, -0.2) is 49.2 Å². The Kier molecular flexibility index (Phi) is 6.82. The normalized spacial score (nSPS) is 15.0. The lowest BCUT2D eigenvalue weighted by Crippen LogP contribution is -2.52. The lowest BCUT2D eigenvalue weighted by molar-refractivity contribution is -0.147. The van der Waals surface area contributed by atoms with Crippen molar-refractivity contribution in [2.45, 2.75) is 19.1 Å². The summed E-state index contributed by atoms with van der Waals surface area (Å²) in [6.45, 7) is 2.23. The lowest BCUT2D eigenvalue weighted by Gasteiger charge is -2.28. The van der Waals surface area contributed by atoms with Crippen LogP contribution >= 0.6 is 0 Å². The van der Waals surface area contributed by atoms with Crippen molar-refractivity contribution in [2.75, 3.05) is 26.3 Å². The molecule has 0 saturated carbocycles. The average molecular weight is 368 g/mol. The zero-order chi connectivity index (χ0) is 18.9. The number of nitrogens with zero attached hydrogens (tertiary/aromatic N) is 1. The van der Waals surface area contributed by atoms with Crippen LogP contribution in [0.3, 0.4) is 0 Å². The lowest BCUT2D eigenvalue weighted by atomic mass is 10.1. The molecule has 1 saturated heterocycles. The van der Waals surface area contributed by atoms with Crippen molar-refractivity contribution in [1.82, 2.24) is 10.2 Å². The zero-order valence-corrected chi connectivity index (χ0v) is 15.2. The number of ether oxygens (including phenoxy) is 2. The molecule has 1 aliphatic heterocycles. The smallest absolute Gasteiger partial charge is 0.329 e. The van der Waals surface area contributed by atoms with E-state index in [1.54, 1.807) is 4.90 Å². The van der Waals surface area contributed by atoms with Crippen molar-refractivity contribution < 1.29 is 19.1 Å². The minimum Gasteiger partial charge on any atom is -0.459 e. The largest absolute Gasteiger partial charge is 0.459 e. The second-order valence-electron chi connectivity index (χ2n) is 6.38. The van der Waals surface area contributed by atoms with Gasteiger partial charge in [0, 0.05) is 19.5 Å². The van der Waals surface area contributed by atoms with Crippen LogP contribution in [0.4, 0.5) is 4.79 Å². The van der Waals surface area contributed by atoms with Crippen molar-refractivity contribution in [3.05, 3.63) is 71.8 Å². The number of carbonyl (C=O) groups is 2. The number of amides is 2. The van der Waals surface area contributed by atoms with Gasteiger partial charge in [0.05, 0.1) is 13.2 Å². The molecule has 3 rings (SSSR count). The predicted octanol–water partition coefficient (Wildman–Crippen LogP) is 2.38. The van der Waals surface area contributed by atoms with Crippen LogP contribution in [0, 0.1) is 0 Å². The van der Waals surface area contributed by atoms with E-state index in [0.717, 1.165) is 11.1 Å². The summed E-state index contributed by atoms with van der Waals surface area (Å²) in [6, 6.07) is 18.1. The molecule has 1 atom stereocenters. The first-order chi connectivity index (χ1) is 13.2. The molecule has 0 spiro atoms. The molecular weight excluding hydrogens is 344 g/mol.